The van der Waals surface area contributed by atoms with Crippen molar-refractivity contribution >= 4 is 28.9 Å². The van der Waals surface area contributed by atoms with Crippen molar-refractivity contribution in [3.8, 4) is 17.2 Å². The van der Waals surface area contributed by atoms with Crippen LogP contribution in [0.25, 0.3) is 0 Å². The van der Waals surface area contributed by atoms with Gasteiger partial charge in [0.05, 0.1) is 26.9 Å². The van der Waals surface area contributed by atoms with Crippen LogP contribution in [0.4, 0.5) is 5.69 Å². The molecule has 9 heteroatoms. The van der Waals surface area contributed by atoms with Gasteiger partial charge in [-0.15, -0.1) is 0 Å². The van der Waals surface area contributed by atoms with Crippen molar-refractivity contribution in [2.45, 2.75) is 33.1 Å². The highest BCUT2D eigenvalue weighted by molar-refractivity contribution is 7.80. The van der Waals surface area contributed by atoms with E-state index < -0.39 is 0 Å². The van der Waals surface area contributed by atoms with Gasteiger partial charge in [-0.25, -0.2) is 0 Å². The van der Waals surface area contributed by atoms with Crippen LogP contribution in [0.1, 0.15) is 42.6 Å². The van der Waals surface area contributed by atoms with Crippen LogP contribution >= 0.6 is 12.2 Å². The van der Waals surface area contributed by atoms with Crippen molar-refractivity contribution in [3.05, 3.63) is 35.3 Å². The van der Waals surface area contributed by atoms with Gasteiger partial charge in [0.1, 0.15) is 11.5 Å². The van der Waals surface area contributed by atoms with Crippen molar-refractivity contribution in [1.29, 1.82) is 0 Å². The number of nitrogens with one attached hydrogen (secondary N) is 3. The Morgan fingerprint density at radius 2 is 1.59 bits per heavy atom. The number of ether oxygens (including phenoxy) is 3. The molecule has 158 valence electrons. The van der Waals surface area contributed by atoms with Crippen LogP contribution in [0, 0.1) is 6.92 Å². The molecular weight excluding hydrogens is 394 g/mol. The molecule has 1 aromatic carbocycles. The summed E-state index contributed by atoms with van der Waals surface area (Å²) in [6.45, 7) is 7.79. The fourth-order valence-corrected chi connectivity index (χ4v) is 2.74. The second-order valence-electron chi connectivity index (χ2n) is 7.28. The summed E-state index contributed by atoms with van der Waals surface area (Å²) in [5, 5.41) is 3.15. The molecule has 2 rings (SSSR count). The molecule has 29 heavy (non-hydrogen) atoms. The Morgan fingerprint density at radius 3 is 2.03 bits per heavy atom. The zero-order valence-corrected chi connectivity index (χ0v) is 18.5. The van der Waals surface area contributed by atoms with Crippen LogP contribution < -0.4 is 30.4 Å². The van der Waals surface area contributed by atoms with E-state index in [2.05, 4.69) is 16.2 Å². The quantitative estimate of drug-likeness (QED) is 0.499. The van der Waals surface area contributed by atoms with Gasteiger partial charge in [0.25, 0.3) is 5.91 Å². The van der Waals surface area contributed by atoms with Gasteiger partial charge < -0.3 is 23.9 Å². The molecule has 8 nitrogen and oxygen atoms in total. The number of furan rings is 1. The predicted molar refractivity (Wildman–Crippen MR) is 115 cm³/mol. The molecule has 1 aromatic heterocycles. The van der Waals surface area contributed by atoms with E-state index in [1.165, 1.54) is 21.3 Å². The lowest BCUT2D eigenvalue weighted by molar-refractivity contribution is 0.0942. The summed E-state index contributed by atoms with van der Waals surface area (Å²) in [6, 6.07) is 5.14. The first-order valence-electron chi connectivity index (χ1n) is 8.89. The number of hydrogen-bond acceptors (Lipinski definition) is 6. The third kappa shape index (κ3) is 5.32. The molecule has 0 aliphatic rings. The summed E-state index contributed by atoms with van der Waals surface area (Å²) in [6.07, 6.45) is 0. The second kappa shape index (κ2) is 9.04. The minimum absolute atomic E-state index is 0.185. The van der Waals surface area contributed by atoms with E-state index in [0.29, 0.717) is 34.3 Å². The standard InChI is InChI=1S/C20H27N3O5S/c1-11-13(10-16(28-11)20(2,3)4)18(24)22-23-19(29)21-12-8-14(25-5)17(27-7)15(9-12)26-6/h8-10H,1-7H3,(H,22,24)(H2,21,23,29). The SMILES string of the molecule is COc1cc(NC(=S)NNC(=O)c2cc(C(C)(C)C)oc2C)cc(OC)c1OC. The lowest BCUT2D eigenvalue weighted by atomic mass is 9.93. The Morgan fingerprint density at radius 1 is 1.00 bits per heavy atom. The Bertz CT molecular complexity index is 877. The number of carbonyl (C=O) groups excluding carboxylic acids is 1. The first-order chi connectivity index (χ1) is 13.6. The van der Waals surface area contributed by atoms with Gasteiger partial charge in [-0.05, 0) is 25.2 Å². The molecule has 0 fully saturated rings. The fourth-order valence-electron chi connectivity index (χ4n) is 2.57. The smallest absolute Gasteiger partial charge is 0.273 e. The minimum Gasteiger partial charge on any atom is -0.493 e. The summed E-state index contributed by atoms with van der Waals surface area (Å²) in [5.74, 6) is 2.35. The average molecular weight is 422 g/mol. The lowest BCUT2D eigenvalue weighted by Crippen LogP contribution is -2.43. The van der Waals surface area contributed by atoms with E-state index >= 15 is 0 Å². The number of methoxy groups -OCH3 is 3. The van der Waals surface area contributed by atoms with Crippen molar-refractivity contribution in [2.24, 2.45) is 0 Å². The summed E-state index contributed by atoms with van der Waals surface area (Å²) in [7, 11) is 4.58. The lowest BCUT2D eigenvalue weighted by Gasteiger charge is -2.16. The number of anilines is 1. The molecule has 0 bridgehead atoms. The molecule has 3 N–H and O–H groups in total. The highest BCUT2D eigenvalue weighted by Crippen LogP contribution is 2.39. The molecule has 0 radical (unpaired) electrons. The van der Waals surface area contributed by atoms with Crippen molar-refractivity contribution in [2.75, 3.05) is 26.6 Å². The van der Waals surface area contributed by atoms with Crippen molar-refractivity contribution in [1.82, 2.24) is 10.9 Å². The van der Waals surface area contributed by atoms with E-state index in [1.54, 1.807) is 25.1 Å². The Balaban J connectivity index is 2.05. The van der Waals surface area contributed by atoms with E-state index in [1.807, 2.05) is 20.8 Å². The van der Waals surface area contributed by atoms with Crippen LogP contribution in [0.3, 0.4) is 0 Å². The van der Waals surface area contributed by atoms with Crippen molar-refractivity contribution < 1.29 is 23.4 Å². The number of hydrazine groups is 1. The molecule has 2 aromatic rings. The molecule has 1 amide bonds. The first-order valence-corrected chi connectivity index (χ1v) is 9.29. The van der Waals surface area contributed by atoms with Gasteiger partial charge in [0.15, 0.2) is 16.6 Å². The third-order valence-electron chi connectivity index (χ3n) is 4.11. The van der Waals surface area contributed by atoms with Crippen LogP contribution in [0.2, 0.25) is 0 Å². The second-order valence-corrected chi connectivity index (χ2v) is 7.69. The van der Waals surface area contributed by atoms with Crippen LogP contribution in [-0.2, 0) is 5.41 Å². The first kappa shape index (κ1) is 22.4. The van der Waals surface area contributed by atoms with Crippen molar-refractivity contribution in [3.63, 3.8) is 0 Å². The monoisotopic (exact) mass is 421 g/mol. The zero-order chi connectivity index (χ0) is 21.8. The van der Waals surface area contributed by atoms with Gasteiger partial charge in [-0.2, -0.15) is 0 Å². The normalized spacial score (nSPS) is 10.9. The van der Waals surface area contributed by atoms with E-state index in [4.69, 9.17) is 30.8 Å². The maximum atomic E-state index is 12.5. The molecule has 0 aliphatic heterocycles. The number of rotatable bonds is 5. The fraction of sp³-hybridized carbons (Fsp3) is 0.400. The third-order valence-corrected chi connectivity index (χ3v) is 4.32. The number of aryl methyl sites for hydroxylation is 1. The molecule has 1 heterocycles. The van der Waals surface area contributed by atoms with Crippen LogP contribution in [-0.4, -0.2) is 32.3 Å². The molecule has 0 atom stereocenters. The number of carbonyl (C=O) groups is 1. The maximum Gasteiger partial charge on any atom is 0.273 e. The molecule has 0 unspecified atom stereocenters. The average Bonchev–Trinajstić information content (AvgIpc) is 3.07. The summed E-state index contributed by atoms with van der Waals surface area (Å²) >= 11 is 5.25. The highest BCUT2D eigenvalue weighted by atomic mass is 32.1. The summed E-state index contributed by atoms with van der Waals surface area (Å²) < 4.78 is 21.6. The largest absolute Gasteiger partial charge is 0.493 e. The molecule has 0 spiro atoms. The number of hydrogen-bond donors (Lipinski definition) is 3. The topological polar surface area (TPSA) is 94.0 Å². The van der Waals surface area contributed by atoms with Gasteiger partial charge in [-0.3, -0.25) is 15.6 Å². The number of thiocarbonyl (C=S) groups is 1. The molecule has 0 saturated heterocycles. The minimum atomic E-state index is -0.351. The molecule has 0 saturated carbocycles. The van der Waals surface area contributed by atoms with Crippen LogP contribution in [0.5, 0.6) is 17.2 Å². The Kier molecular flexibility index (Phi) is 6.97. The van der Waals surface area contributed by atoms with Gasteiger partial charge >= 0.3 is 0 Å². The Hall–Kier alpha value is -2.94. The number of amides is 1. The summed E-state index contributed by atoms with van der Waals surface area (Å²) in [4.78, 5) is 12.5. The van der Waals surface area contributed by atoms with Gasteiger partial charge in [-0.1, -0.05) is 20.8 Å². The highest BCUT2D eigenvalue weighted by Gasteiger charge is 2.23. The van der Waals surface area contributed by atoms with Crippen LogP contribution in [0.15, 0.2) is 22.6 Å². The van der Waals surface area contributed by atoms with E-state index in [0.717, 1.165) is 5.76 Å². The Labute approximate surface area is 175 Å². The predicted octanol–water partition coefficient (Wildman–Crippen LogP) is 3.54. The maximum absolute atomic E-state index is 12.5. The van der Waals surface area contributed by atoms with E-state index in [-0.39, 0.29) is 16.4 Å². The summed E-state index contributed by atoms with van der Waals surface area (Å²) in [5.41, 5.74) is 6.09. The van der Waals surface area contributed by atoms with Gasteiger partial charge in [0.2, 0.25) is 5.75 Å². The zero-order valence-electron chi connectivity index (χ0n) is 17.7. The van der Waals surface area contributed by atoms with Gasteiger partial charge in [0, 0.05) is 23.2 Å². The number of benzene rings is 1. The van der Waals surface area contributed by atoms with E-state index in [9.17, 15) is 4.79 Å². The molecule has 0 aliphatic carbocycles. The molecular formula is C20H27N3O5S.